The first-order valence-electron chi connectivity index (χ1n) is 6.06. The molecular formula is C11H15FN2O6. The van der Waals surface area contributed by atoms with Crippen LogP contribution in [0.3, 0.4) is 0 Å². The van der Waals surface area contributed by atoms with Gasteiger partial charge in [-0.2, -0.15) is 4.39 Å². The summed E-state index contributed by atoms with van der Waals surface area (Å²) in [5, 5.41) is 28.4. The van der Waals surface area contributed by atoms with Crippen LogP contribution in [0.15, 0.2) is 15.8 Å². The molecule has 1 aliphatic rings. The average Bonchev–Trinajstić information content (AvgIpc) is 2.71. The summed E-state index contributed by atoms with van der Waals surface area (Å²) in [6.45, 7) is 0.869. The molecule has 1 aromatic heterocycles. The second-order valence-electron chi connectivity index (χ2n) is 4.45. The Morgan fingerprint density at radius 2 is 2.00 bits per heavy atom. The van der Waals surface area contributed by atoms with Crippen LogP contribution < -0.4 is 11.2 Å². The van der Waals surface area contributed by atoms with E-state index in [1.807, 2.05) is 0 Å². The molecule has 1 aliphatic heterocycles. The van der Waals surface area contributed by atoms with Crippen LogP contribution in [0, 0.1) is 5.82 Å². The Morgan fingerprint density at radius 3 is 2.50 bits per heavy atom. The van der Waals surface area contributed by atoms with Gasteiger partial charge in [0.15, 0.2) is 6.23 Å². The van der Waals surface area contributed by atoms with Crippen molar-refractivity contribution in [3.05, 3.63) is 32.9 Å². The van der Waals surface area contributed by atoms with E-state index < -0.39 is 48.2 Å². The quantitative estimate of drug-likeness (QED) is 0.581. The van der Waals surface area contributed by atoms with Gasteiger partial charge in [0.2, 0.25) is 5.82 Å². The maximum absolute atomic E-state index is 13.5. The van der Waals surface area contributed by atoms with Crippen LogP contribution in [0.4, 0.5) is 4.39 Å². The highest BCUT2D eigenvalue weighted by molar-refractivity contribution is 4.96. The molecule has 20 heavy (non-hydrogen) atoms. The molecule has 0 saturated carbocycles. The number of rotatable bonds is 3. The molecule has 0 unspecified atom stereocenters. The van der Waals surface area contributed by atoms with Gasteiger partial charge in [-0.1, -0.05) is 0 Å². The summed E-state index contributed by atoms with van der Waals surface area (Å²) >= 11 is 0. The van der Waals surface area contributed by atoms with E-state index in [1.165, 1.54) is 6.92 Å². The molecular weight excluding hydrogens is 275 g/mol. The molecule has 3 N–H and O–H groups in total. The normalized spacial score (nSPS) is 29.9. The number of halogens is 1. The minimum Gasteiger partial charge on any atom is -0.394 e. The zero-order chi connectivity index (χ0) is 15.0. The minimum atomic E-state index is -1.52. The lowest BCUT2D eigenvalue weighted by Gasteiger charge is -2.18. The Morgan fingerprint density at radius 1 is 1.35 bits per heavy atom. The first kappa shape index (κ1) is 14.9. The van der Waals surface area contributed by atoms with E-state index in [0.29, 0.717) is 15.3 Å². The molecule has 9 heteroatoms. The number of nitrogens with zero attached hydrogens (tertiary/aromatic N) is 2. The van der Waals surface area contributed by atoms with Crippen molar-refractivity contribution in [2.45, 2.75) is 38.0 Å². The zero-order valence-corrected chi connectivity index (χ0v) is 10.6. The van der Waals surface area contributed by atoms with Crippen molar-refractivity contribution in [3.63, 3.8) is 0 Å². The van der Waals surface area contributed by atoms with Gasteiger partial charge in [0.25, 0.3) is 5.56 Å². The second kappa shape index (κ2) is 5.44. The van der Waals surface area contributed by atoms with Gasteiger partial charge >= 0.3 is 5.69 Å². The van der Waals surface area contributed by atoms with Crippen LogP contribution in [0.5, 0.6) is 0 Å². The van der Waals surface area contributed by atoms with Gasteiger partial charge in [-0.3, -0.25) is 13.9 Å². The lowest BCUT2D eigenvalue weighted by Crippen LogP contribution is -2.44. The molecule has 0 spiro atoms. The predicted molar refractivity (Wildman–Crippen MR) is 63.6 cm³/mol. The first-order valence-corrected chi connectivity index (χ1v) is 6.06. The molecule has 2 heterocycles. The summed E-state index contributed by atoms with van der Waals surface area (Å²) < 4.78 is 20.0. The first-order chi connectivity index (χ1) is 9.42. The fourth-order valence-electron chi connectivity index (χ4n) is 2.16. The van der Waals surface area contributed by atoms with E-state index in [-0.39, 0.29) is 6.54 Å². The predicted octanol–water partition coefficient (Wildman–Crippen LogP) is -2.22. The van der Waals surface area contributed by atoms with Gasteiger partial charge in [-0.05, 0) is 6.92 Å². The Balaban J connectivity index is 2.52. The monoisotopic (exact) mass is 290 g/mol. The summed E-state index contributed by atoms with van der Waals surface area (Å²) in [5.41, 5.74) is -1.94. The van der Waals surface area contributed by atoms with Gasteiger partial charge in [0, 0.05) is 6.54 Å². The van der Waals surface area contributed by atoms with Crippen LogP contribution in [0.1, 0.15) is 13.2 Å². The fourth-order valence-corrected chi connectivity index (χ4v) is 2.16. The van der Waals surface area contributed by atoms with Crippen molar-refractivity contribution in [1.29, 1.82) is 0 Å². The Labute approximate surface area is 112 Å². The number of aliphatic hydroxyl groups excluding tert-OH is 3. The highest BCUT2D eigenvalue weighted by Gasteiger charge is 2.44. The standard InChI is InChI=1S/C11H15FN2O6/c1-2-13-9(18)5(12)3-14(11(13)19)10-8(17)7(16)6(4-15)20-10/h3,6-8,10,15-17H,2,4H2,1H3/t6-,7-,8+,10-/m1/s1. The summed E-state index contributed by atoms with van der Waals surface area (Å²) in [4.78, 5) is 23.5. The third kappa shape index (κ3) is 2.18. The number of aromatic nitrogens is 2. The number of hydrogen-bond acceptors (Lipinski definition) is 6. The molecule has 2 rings (SSSR count). The van der Waals surface area contributed by atoms with Crippen LogP contribution >= 0.6 is 0 Å². The van der Waals surface area contributed by atoms with E-state index in [1.54, 1.807) is 0 Å². The van der Waals surface area contributed by atoms with Crippen LogP contribution in [0.25, 0.3) is 0 Å². The van der Waals surface area contributed by atoms with E-state index >= 15 is 0 Å². The number of hydrogen-bond donors (Lipinski definition) is 3. The molecule has 1 aromatic rings. The molecule has 0 bridgehead atoms. The SMILES string of the molecule is CCn1c(=O)c(F)cn([C@@H]2O[C@H](CO)[C@@H](O)[C@@H]2O)c1=O. The van der Waals surface area contributed by atoms with Gasteiger partial charge in [0.05, 0.1) is 12.8 Å². The number of aliphatic hydroxyl groups is 3. The molecule has 4 atom stereocenters. The fraction of sp³-hybridized carbons (Fsp3) is 0.636. The zero-order valence-electron chi connectivity index (χ0n) is 10.6. The summed E-state index contributed by atoms with van der Waals surface area (Å²) in [7, 11) is 0. The largest absolute Gasteiger partial charge is 0.394 e. The average molecular weight is 290 g/mol. The summed E-state index contributed by atoms with van der Waals surface area (Å²) in [6.07, 6.45) is -4.78. The third-order valence-electron chi connectivity index (χ3n) is 3.26. The second-order valence-corrected chi connectivity index (χ2v) is 4.45. The van der Waals surface area contributed by atoms with E-state index in [2.05, 4.69) is 0 Å². The smallest absolute Gasteiger partial charge is 0.333 e. The van der Waals surface area contributed by atoms with Crippen LogP contribution in [0.2, 0.25) is 0 Å². The molecule has 1 fully saturated rings. The van der Waals surface area contributed by atoms with Crippen molar-refractivity contribution in [3.8, 4) is 0 Å². The van der Waals surface area contributed by atoms with Crippen molar-refractivity contribution >= 4 is 0 Å². The van der Waals surface area contributed by atoms with Gasteiger partial charge in [-0.25, -0.2) is 4.79 Å². The van der Waals surface area contributed by atoms with Crippen molar-refractivity contribution < 1.29 is 24.4 Å². The van der Waals surface area contributed by atoms with Gasteiger partial charge in [-0.15, -0.1) is 0 Å². The number of ether oxygens (including phenoxy) is 1. The lowest BCUT2D eigenvalue weighted by atomic mass is 10.1. The van der Waals surface area contributed by atoms with Crippen molar-refractivity contribution in [2.75, 3.05) is 6.61 Å². The van der Waals surface area contributed by atoms with Gasteiger partial charge < -0.3 is 20.1 Å². The molecule has 0 radical (unpaired) electrons. The molecule has 8 nitrogen and oxygen atoms in total. The van der Waals surface area contributed by atoms with Crippen molar-refractivity contribution in [1.82, 2.24) is 9.13 Å². The molecule has 0 amide bonds. The maximum atomic E-state index is 13.5. The van der Waals surface area contributed by atoms with Gasteiger partial charge in [0.1, 0.15) is 18.3 Å². The molecule has 0 aromatic carbocycles. The Hall–Kier alpha value is -1.55. The minimum absolute atomic E-state index is 0.0514. The van der Waals surface area contributed by atoms with E-state index in [4.69, 9.17) is 9.84 Å². The van der Waals surface area contributed by atoms with Crippen molar-refractivity contribution in [2.24, 2.45) is 0 Å². The lowest BCUT2D eigenvalue weighted by molar-refractivity contribution is -0.0560. The molecule has 112 valence electrons. The summed E-state index contributed by atoms with van der Waals surface area (Å²) in [5.74, 6) is -1.18. The van der Waals surface area contributed by atoms with Crippen LogP contribution in [-0.2, 0) is 11.3 Å². The maximum Gasteiger partial charge on any atom is 0.333 e. The van der Waals surface area contributed by atoms with Crippen LogP contribution in [-0.4, -0.2) is 49.4 Å². The van der Waals surface area contributed by atoms with E-state index in [9.17, 15) is 24.2 Å². The highest BCUT2D eigenvalue weighted by atomic mass is 19.1. The Bertz CT molecular complexity index is 612. The van der Waals surface area contributed by atoms with E-state index in [0.717, 1.165) is 0 Å². The Kier molecular flexibility index (Phi) is 4.04. The summed E-state index contributed by atoms with van der Waals surface area (Å²) in [6, 6.07) is 0. The third-order valence-corrected chi connectivity index (χ3v) is 3.26. The molecule has 1 saturated heterocycles. The molecule has 0 aliphatic carbocycles. The topological polar surface area (TPSA) is 114 Å². The highest BCUT2D eigenvalue weighted by Crippen LogP contribution is 2.27.